The van der Waals surface area contributed by atoms with Gasteiger partial charge in [0.15, 0.2) is 4.77 Å². The number of carbonyl (C=O) groups is 1. The molecule has 144 valence electrons. The van der Waals surface area contributed by atoms with Gasteiger partial charge >= 0.3 is 0 Å². The fourth-order valence-corrected chi connectivity index (χ4v) is 4.12. The van der Waals surface area contributed by atoms with Crippen molar-refractivity contribution in [2.45, 2.75) is 44.1 Å². The number of nitrogens with one attached hydrogen (secondary N) is 1. The van der Waals surface area contributed by atoms with Gasteiger partial charge < -0.3 is 14.2 Å². The zero-order chi connectivity index (χ0) is 18.8. The van der Waals surface area contributed by atoms with E-state index in [-0.39, 0.29) is 5.91 Å². The zero-order valence-corrected chi connectivity index (χ0v) is 16.6. The summed E-state index contributed by atoms with van der Waals surface area (Å²) in [6, 6.07) is 7.75. The average molecular weight is 407 g/mol. The summed E-state index contributed by atoms with van der Waals surface area (Å²) in [6.07, 6.45) is 4.59. The third-order valence-corrected chi connectivity index (χ3v) is 5.76. The lowest BCUT2D eigenvalue weighted by Gasteiger charge is -2.31. The minimum Gasteiger partial charge on any atom is -0.493 e. The lowest BCUT2D eigenvalue weighted by molar-refractivity contribution is -0.132. The number of aromatic amines is 1. The Morgan fingerprint density at radius 1 is 1.30 bits per heavy atom. The van der Waals surface area contributed by atoms with Crippen LogP contribution in [-0.2, 0) is 4.79 Å². The standard InChI is InChI=1S/C19H23ClN4O2S/c20-14-2-1-3-16(12-14)26-11-8-17(25)23-9-6-13(7-10-23)18-21-22-19(27)24(18)15-4-5-15/h1-3,12-13,15H,4-11H2,(H,22,27). The molecule has 6 nitrogen and oxygen atoms in total. The maximum Gasteiger partial charge on any atom is 0.225 e. The number of likely N-dealkylation sites (tertiary alicyclic amines) is 1. The number of halogens is 1. The van der Waals surface area contributed by atoms with Crippen LogP contribution in [0.1, 0.15) is 49.9 Å². The number of hydrogen-bond donors (Lipinski definition) is 1. The van der Waals surface area contributed by atoms with Crippen LogP contribution in [0.5, 0.6) is 5.75 Å². The highest BCUT2D eigenvalue weighted by atomic mass is 35.5. The number of rotatable bonds is 6. The van der Waals surface area contributed by atoms with Crippen molar-refractivity contribution >= 4 is 29.7 Å². The topological polar surface area (TPSA) is 63.1 Å². The summed E-state index contributed by atoms with van der Waals surface area (Å²) in [4.78, 5) is 14.4. The van der Waals surface area contributed by atoms with Crippen LogP contribution in [0.25, 0.3) is 0 Å². The summed E-state index contributed by atoms with van der Waals surface area (Å²) in [6.45, 7) is 1.87. The highest BCUT2D eigenvalue weighted by molar-refractivity contribution is 7.71. The minimum absolute atomic E-state index is 0.136. The molecule has 27 heavy (non-hydrogen) atoms. The van der Waals surface area contributed by atoms with Gasteiger partial charge in [-0.05, 0) is 56.1 Å². The fraction of sp³-hybridized carbons (Fsp3) is 0.526. The molecule has 4 rings (SSSR count). The SMILES string of the molecule is O=C(CCOc1cccc(Cl)c1)N1CCC(c2n[nH]c(=S)n2C2CC2)CC1. The Morgan fingerprint density at radius 2 is 2.07 bits per heavy atom. The minimum atomic E-state index is 0.136. The normalized spacial score (nSPS) is 17.9. The predicted molar refractivity (Wildman–Crippen MR) is 106 cm³/mol. The van der Waals surface area contributed by atoms with Gasteiger partial charge in [0, 0.05) is 30.1 Å². The molecule has 8 heteroatoms. The summed E-state index contributed by atoms with van der Waals surface area (Å²) < 4.78 is 8.55. The van der Waals surface area contributed by atoms with E-state index in [1.54, 1.807) is 12.1 Å². The predicted octanol–water partition coefficient (Wildman–Crippen LogP) is 4.10. The molecule has 1 aromatic carbocycles. The Labute approximate surface area is 168 Å². The molecule has 1 saturated carbocycles. The van der Waals surface area contributed by atoms with E-state index in [1.807, 2.05) is 17.0 Å². The number of amides is 1. The van der Waals surface area contributed by atoms with E-state index in [2.05, 4.69) is 14.8 Å². The molecule has 2 fully saturated rings. The number of nitrogens with zero attached hydrogens (tertiary/aromatic N) is 3. The third-order valence-electron chi connectivity index (χ3n) is 5.24. The van der Waals surface area contributed by atoms with Crippen molar-refractivity contribution in [3.63, 3.8) is 0 Å². The van der Waals surface area contributed by atoms with Crippen LogP contribution in [0.3, 0.4) is 0 Å². The number of hydrogen-bond acceptors (Lipinski definition) is 4. The largest absolute Gasteiger partial charge is 0.493 e. The molecule has 1 aliphatic carbocycles. The van der Waals surface area contributed by atoms with Crippen molar-refractivity contribution in [2.24, 2.45) is 0 Å². The molecule has 1 N–H and O–H groups in total. The van der Waals surface area contributed by atoms with Gasteiger partial charge in [0.25, 0.3) is 0 Å². The molecule has 1 amide bonds. The van der Waals surface area contributed by atoms with Crippen molar-refractivity contribution in [2.75, 3.05) is 19.7 Å². The van der Waals surface area contributed by atoms with Gasteiger partial charge in [-0.15, -0.1) is 0 Å². The Kier molecular flexibility index (Phi) is 5.50. The molecule has 0 radical (unpaired) electrons. The number of H-pyrrole nitrogens is 1. The average Bonchev–Trinajstić information content (AvgIpc) is 3.43. The monoisotopic (exact) mass is 406 g/mol. The number of benzene rings is 1. The van der Waals surface area contributed by atoms with E-state index < -0.39 is 0 Å². The number of ether oxygens (including phenoxy) is 1. The second-order valence-electron chi connectivity index (χ2n) is 7.20. The van der Waals surface area contributed by atoms with E-state index >= 15 is 0 Å². The van der Waals surface area contributed by atoms with Crippen LogP contribution in [0.2, 0.25) is 5.02 Å². The van der Waals surface area contributed by atoms with Gasteiger partial charge in [-0.25, -0.2) is 0 Å². The second kappa shape index (κ2) is 8.02. The molecule has 0 spiro atoms. The number of piperidine rings is 1. The molecule has 0 unspecified atom stereocenters. The first-order valence-electron chi connectivity index (χ1n) is 9.45. The van der Waals surface area contributed by atoms with Crippen LogP contribution in [0.15, 0.2) is 24.3 Å². The molecule has 1 aromatic heterocycles. The first-order chi connectivity index (χ1) is 13.1. The fourth-order valence-electron chi connectivity index (χ4n) is 3.65. The quantitative estimate of drug-likeness (QED) is 0.733. The van der Waals surface area contributed by atoms with Gasteiger partial charge in [-0.2, -0.15) is 5.10 Å². The lowest BCUT2D eigenvalue weighted by atomic mass is 9.95. The van der Waals surface area contributed by atoms with Crippen molar-refractivity contribution < 1.29 is 9.53 Å². The molecule has 1 saturated heterocycles. The zero-order valence-electron chi connectivity index (χ0n) is 15.1. The van der Waals surface area contributed by atoms with Gasteiger partial charge in [-0.3, -0.25) is 9.89 Å². The molecule has 2 aliphatic rings. The Hall–Kier alpha value is -1.86. The van der Waals surface area contributed by atoms with E-state index in [0.717, 1.165) is 36.5 Å². The van der Waals surface area contributed by atoms with E-state index in [4.69, 9.17) is 28.6 Å². The first kappa shape index (κ1) is 18.5. The maximum absolute atomic E-state index is 12.5. The molecule has 0 atom stereocenters. The molecule has 2 heterocycles. The summed E-state index contributed by atoms with van der Waals surface area (Å²) >= 11 is 11.3. The smallest absolute Gasteiger partial charge is 0.225 e. The second-order valence-corrected chi connectivity index (χ2v) is 8.02. The molecule has 2 aromatic rings. The first-order valence-corrected chi connectivity index (χ1v) is 10.2. The van der Waals surface area contributed by atoms with Gasteiger partial charge in [0.1, 0.15) is 11.6 Å². The Morgan fingerprint density at radius 3 is 2.78 bits per heavy atom. The Balaban J connectivity index is 1.26. The van der Waals surface area contributed by atoms with Crippen molar-refractivity contribution in [3.05, 3.63) is 39.9 Å². The van der Waals surface area contributed by atoms with Gasteiger partial charge in [0.2, 0.25) is 5.91 Å². The summed E-state index contributed by atoms with van der Waals surface area (Å²) in [7, 11) is 0. The van der Waals surface area contributed by atoms with Crippen molar-refractivity contribution in [1.82, 2.24) is 19.7 Å². The summed E-state index contributed by atoms with van der Waals surface area (Å²) in [5, 5.41) is 8.05. The molecule has 1 aliphatic heterocycles. The van der Waals surface area contributed by atoms with Crippen LogP contribution in [0.4, 0.5) is 0 Å². The summed E-state index contributed by atoms with van der Waals surface area (Å²) in [5.74, 6) is 2.26. The van der Waals surface area contributed by atoms with Gasteiger partial charge in [0.05, 0.1) is 13.0 Å². The van der Waals surface area contributed by atoms with E-state index in [9.17, 15) is 4.79 Å². The third kappa shape index (κ3) is 4.35. The van der Waals surface area contributed by atoms with E-state index in [0.29, 0.717) is 35.8 Å². The Bertz CT molecular complexity index is 869. The van der Waals surface area contributed by atoms with Crippen LogP contribution >= 0.6 is 23.8 Å². The van der Waals surface area contributed by atoms with Gasteiger partial charge in [-0.1, -0.05) is 17.7 Å². The van der Waals surface area contributed by atoms with Crippen LogP contribution in [-0.4, -0.2) is 45.3 Å². The van der Waals surface area contributed by atoms with Crippen molar-refractivity contribution in [3.8, 4) is 5.75 Å². The molecular weight excluding hydrogens is 384 g/mol. The molecule has 0 bridgehead atoms. The molecular formula is C19H23ClN4O2S. The van der Waals surface area contributed by atoms with Crippen LogP contribution < -0.4 is 4.74 Å². The van der Waals surface area contributed by atoms with Crippen molar-refractivity contribution in [1.29, 1.82) is 0 Å². The lowest BCUT2D eigenvalue weighted by Crippen LogP contribution is -2.39. The summed E-state index contributed by atoms with van der Waals surface area (Å²) in [5.41, 5.74) is 0. The maximum atomic E-state index is 12.5. The number of carbonyl (C=O) groups excluding carboxylic acids is 1. The van der Waals surface area contributed by atoms with Crippen LogP contribution in [0, 0.1) is 4.77 Å². The van der Waals surface area contributed by atoms with E-state index in [1.165, 1.54) is 12.8 Å². The number of aromatic nitrogens is 3. The highest BCUT2D eigenvalue weighted by Crippen LogP contribution is 2.39. The highest BCUT2D eigenvalue weighted by Gasteiger charge is 2.32.